The molecule has 0 unspecified atom stereocenters. The Morgan fingerprint density at radius 3 is 2.56 bits per heavy atom. The van der Waals surface area contributed by atoms with Gasteiger partial charge < -0.3 is 9.73 Å². The molecule has 1 amide bonds. The highest BCUT2D eigenvalue weighted by atomic mass is 19.4. The number of alkyl halides is 6. The maximum absolute atomic E-state index is 12.9. The number of hydrogen-bond donors (Lipinski definition) is 1. The Hall–Kier alpha value is -3.37. The van der Waals surface area contributed by atoms with Crippen molar-refractivity contribution in [2.45, 2.75) is 37.7 Å². The van der Waals surface area contributed by atoms with Crippen molar-refractivity contribution in [1.82, 2.24) is 15.3 Å². The Bertz CT molecular complexity index is 1150. The first-order valence-electron chi connectivity index (χ1n) is 9.54. The highest BCUT2D eigenvalue weighted by Gasteiger charge is 2.34. The highest BCUT2D eigenvalue weighted by Crippen LogP contribution is 2.35. The molecule has 1 atom stereocenters. The number of fused-ring (bicyclic) bond motifs is 1. The van der Waals surface area contributed by atoms with E-state index in [4.69, 9.17) is 4.42 Å². The molecular weight excluding hydrogens is 440 g/mol. The molecule has 0 bridgehead atoms. The minimum atomic E-state index is -4.64. The van der Waals surface area contributed by atoms with Gasteiger partial charge in [0.15, 0.2) is 0 Å². The summed E-state index contributed by atoms with van der Waals surface area (Å²) < 4.78 is 83.3. The fourth-order valence-electron chi connectivity index (χ4n) is 3.48. The molecule has 1 aliphatic rings. The van der Waals surface area contributed by atoms with Gasteiger partial charge in [-0.1, -0.05) is 6.07 Å². The van der Waals surface area contributed by atoms with Crippen LogP contribution in [0, 0.1) is 0 Å². The standard InChI is InChI=1S/C21H15F6N3O2/c22-20(23,24)13-4-1-3-11(9-13)18(31)29-14-5-2-6-15-17(14)30-19(32-15)12-7-8-28-16(10-12)21(25,26)27/h1,3-4,7-10,14H,2,5-6H2,(H,29,31)/t14-/m0/s1. The molecule has 32 heavy (non-hydrogen) atoms. The molecule has 3 aromatic rings. The second-order valence-corrected chi connectivity index (χ2v) is 7.25. The monoisotopic (exact) mass is 455 g/mol. The number of rotatable bonds is 3. The van der Waals surface area contributed by atoms with Crippen molar-refractivity contribution in [3.8, 4) is 11.5 Å². The van der Waals surface area contributed by atoms with Gasteiger partial charge in [0, 0.05) is 23.7 Å². The van der Waals surface area contributed by atoms with E-state index in [2.05, 4.69) is 15.3 Å². The first kappa shape index (κ1) is 21.8. The van der Waals surface area contributed by atoms with Crippen LogP contribution in [0.15, 0.2) is 47.0 Å². The Morgan fingerprint density at radius 2 is 1.84 bits per heavy atom. The van der Waals surface area contributed by atoms with Crippen LogP contribution in [0.25, 0.3) is 11.5 Å². The van der Waals surface area contributed by atoms with Gasteiger partial charge in [-0.05, 0) is 43.2 Å². The summed E-state index contributed by atoms with van der Waals surface area (Å²) in [5.41, 5.74) is -1.79. The van der Waals surface area contributed by atoms with Crippen LogP contribution in [-0.4, -0.2) is 15.9 Å². The number of aromatic nitrogens is 2. The average Bonchev–Trinajstić information content (AvgIpc) is 3.18. The molecule has 168 valence electrons. The van der Waals surface area contributed by atoms with E-state index < -0.39 is 35.6 Å². The zero-order valence-electron chi connectivity index (χ0n) is 16.2. The van der Waals surface area contributed by atoms with Crippen LogP contribution in [0.2, 0.25) is 0 Å². The zero-order chi connectivity index (χ0) is 23.1. The van der Waals surface area contributed by atoms with Gasteiger partial charge in [0.25, 0.3) is 5.91 Å². The van der Waals surface area contributed by atoms with Crippen molar-refractivity contribution < 1.29 is 35.6 Å². The molecule has 2 aromatic heterocycles. The van der Waals surface area contributed by atoms with Gasteiger partial charge in [0.2, 0.25) is 5.89 Å². The lowest BCUT2D eigenvalue weighted by molar-refractivity contribution is -0.141. The first-order valence-corrected chi connectivity index (χ1v) is 9.54. The quantitative estimate of drug-likeness (QED) is 0.524. The summed E-state index contributed by atoms with van der Waals surface area (Å²) >= 11 is 0. The molecule has 1 N–H and O–H groups in total. The second-order valence-electron chi connectivity index (χ2n) is 7.25. The van der Waals surface area contributed by atoms with E-state index in [1.54, 1.807) is 0 Å². The molecule has 0 spiro atoms. The summed E-state index contributed by atoms with van der Waals surface area (Å²) in [6.45, 7) is 0. The molecule has 0 aliphatic heterocycles. The average molecular weight is 455 g/mol. The summed E-state index contributed by atoms with van der Waals surface area (Å²) in [7, 11) is 0. The van der Waals surface area contributed by atoms with Gasteiger partial charge in [-0.3, -0.25) is 9.78 Å². The van der Waals surface area contributed by atoms with Gasteiger partial charge in [0.05, 0.1) is 11.6 Å². The summed E-state index contributed by atoms with van der Waals surface area (Å²) in [5.74, 6) is -0.365. The van der Waals surface area contributed by atoms with Crippen molar-refractivity contribution in [2.75, 3.05) is 0 Å². The lowest BCUT2D eigenvalue weighted by Crippen LogP contribution is -2.31. The van der Waals surface area contributed by atoms with Crippen LogP contribution in [0.4, 0.5) is 26.3 Å². The second kappa shape index (κ2) is 7.95. The highest BCUT2D eigenvalue weighted by molar-refractivity contribution is 5.94. The number of nitrogens with zero attached hydrogens (tertiary/aromatic N) is 2. The lowest BCUT2D eigenvalue weighted by atomic mass is 9.96. The van der Waals surface area contributed by atoms with E-state index in [-0.39, 0.29) is 17.0 Å². The maximum Gasteiger partial charge on any atom is 0.433 e. The Balaban J connectivity index is 1.59. The predicted molar refractivity (Wildman–Crippen MR) is 99.3 cm³/mol. The predicted octanol–water partition coefficient (Wildman–Crippen LogP) is 5.58. The van der Waals surface area contributed by atoms with Gasteiger partial charge in [-0.15, -0.1) is 0 Å². The van der Waals surface area contributed by atoms with E-state index in [0.717, 1.165) is 30.5 Å². The number of carbonyl (C=O) groups is 1. The number of benzene rings is 1. The Morgan fingerprint density at radius 1 is 1.06 bits per heavy atom. The number of hydrogen-bond acceptors (Lipinski definition) is 4. The zero-order valence-corrected chi connectivity index (χ0v) is 16.2. The molecule has 1 aromatic carbocycles. The first-order chi connectivity index (χ1) is 15.0. The van der Waals surface area contributed by atoms with Gasteiger partial charge in [-0.25, -0.2) is 4.98 Å². The molecular formula is C21H15F6N3O2. The van der Waals surface area contributed by atoms with E-state index in [0.29, 0.717) is 30.7 Å². The van der Waals surface area contributed by atoms with E-state index >= 15 is 0 Å². The third-order valence-electron chi connectivity index (χ3n) is 5.01. The smallest absolute Gasteiger partial charge is 0.433 e. The minimum absolute atomic E-state index is 0.0527. The Labute approximate surface area is 177 Å². The minimum Gasteiger partial charge on any atom is -0.441 e. The van der Waals surface area contributed by atoms with Crippen molar-refractivity contribution in [3.05, 3.63) is 70.9 Å². The Kier molecular flexibility index (Phi) is 5.43. The van der Waals surface area contributed by atoms with Crippen molar-refractivity contribution in [1.29, 1.82) is 0 Å². The topological polar surface area (TPSA) is 68.0 Å². The molecule has 0 saturated heterocycles. The normalized spacial score (nSPS) is 16.5. The maximum atomic E-state index is 12.9. The number of aryl methyl sites for hydroxylation is 1. The SMILES string of the molecule is O=C(N[C@H]1CCCc2oc(-c3ccnc(C(F)(F)F)c3)nc21)c1cccc(C(F)(F)F)c1. The number of oxazole rings is 1. The molecule has 1 aliphatic carbocycles. The van der Waals surface area contributed by atoms with Gasteiger partial charge in [0.1, 0.15) is 17.1 Å². The van der Waals surface area contributed by atoms with Gasteiger partial charge in [-0.2, -0.15) is 26.3 Å². The summed E-state index contributed by atoms with van der Waals surface area (Å²) in [6, 6.07) is 5.50. The van der Waals surface area contributed by atoms with Gasteiger partial charge >= 0.3 is 12.4 Å². The largest absolute Gasteiger partial charge is 0.441 e. The van der Waals surface area contributed by atoms with Crippen LogP contribution in [0.1, 0.15) is 52.0 Å². The molecule has 2 heterocycles. The summed E-state index contributed by atoms with van der Waals surface area (Å²) in [4.78, 5) is 20.1. The molecule has 0 radical (unpaired) electrons. The van der Waals surface area contributed by atoms with Crippen LogP contribution in [-0.2, 0) is 18.8 Å². The van der Waals surface area contributed by atoms with Crippen LogP contribution < -0.4 is 5.32 Å². The molecule has 11 heteroatoms. The van der Waals surface area contributed by atoms with Crippen molar-refractivity contribution in [3.63, 3.8) is 0 Å². The number of pyridine rings is 1. The fraction of sp³-hybridized carbons (Fsp3) is 0.286. The molecule has 0 fully saturated rings. The molecule has 5 nitrogen and oxygen atoms in total. The molecule has 0 saturated carbocycles. The van der Waals surface area contributed by atoms with E-state index in [1.807, 2.05) is 0 Å². The van der Waals surface area contributed by atoms with Crippen LogP contribution in [0.5, 0.6) is 0 Å². The molecule has 4 rings (SSSR count). The van der Waals surface area contributed by atoms with Crippen LogP contribution in [0.3, 0.4) is 0 Å². The van der Waals surface area contributed by atoms with Crippen molar-refractivity contribution >= 4 is 5.91 Å². The summed E-state index contributed by atoms with van der Waals surface area (Å²) in [5, 5.41) is 2.65. The number of carbonyl (C=O) groups excluding carboxylic acids is 1. The fourth-order valence-corrected chi connectivity index (χ4v) is 3.48. The van der Waals surface area contributed by atoms with Crippen LogP contribution >= 0.6 is 0 Å². The van der Waals surface area contributed by atoms with E-state index in [9.17, 15) is 31.1 Å². The third-order valence-corrected chi connectivity index (χ3v) is 5.01. The number of amides is 1. The third kappa shape index (κ3) is 4.46. The number of nitrogens with one attached hydrogen (secondary N) is 1. The lowest BCUT2D eigenvalue weighted by Gasteiger charge is -2.21. The van der Waals surface area contributed by atoms with E-state index in [1.165, 1.54) is 12.1 Å². The number of halogens is 6. The van der Waals surface area contributed by atoms with Crippen molar-refractivity contribution in [2.24, 2.45) is 0 Å². The summed E-state index contributed by atoms with van der Waals surface area (Å²) in [6.07, 6.45) is -6.71.